The average molecular weight is 919 g/mol. The minimum Gasteiger partial charge on any atom is -0.465 e. The molecule has 14 nitrogen and oxygen atoms in total. The van der Waals surface area contributed by atoms with Gasteiger partial charge in [-0.15, -0.1) is 0 Å². The molecule has 0 saturated carbocycles. The number of Topliss-reactive ketones (excluding diaryl/α,β-unsaturated/α-hetero) is 2. The van der Waals surface area contributed by atoms with E-state index in [1.54, 1.807) is 34.8 Å². The summed E-state index contributed by atoms with van der Waals surface area (Å²) >= 11 is 0. The lowest BCUT2D eigenvalue weighted by Crippen LogP contribution is -2.71. The number of ether oxygens (including phenoxy) is 4. The number of carbonyl (C=O) groups is 6. The minimum absolute atomic E-state index is 0.0203. The van der Waals surface area contributed by atoms with E-state index in [1.165, 1.54) is 0 Å². The fourth-order valence-electron chi connectivity index (χ4n) is 8.97. The van der Waals surface area contributed by atoms with Crippen LogP contribution in [0.5, 0.6) is 0 Å². The molecule has 0 radical (unpaired) electrons. The lowest BCUT2D eigenvalue weighted by molar-refractivity contribution is -0.162. The number of nitrogens with one attached hydrogen (secondary N) is 2. The van der Waals surface area contributed by atoms with E-state index in [4.69, 9.17) is 18.9 Å². The zero-order valence-corrected chi connectivity index (χ0v) is 40.7. The van der Waals surface area contributed by atoms with Gasteiger partial charge in [-0.25, -0.2) is 4.79 Å². The Labute approximate surface area is 393 Å². The predicted molar refractivity (Wildman–Crippen MR) is 254 cm³/mol. The number of methoxy groups -OCH3 is 1. The van der Waals surface area contributed by atoms with Crippen LogP contribution in [0.25, 0.3) is 0 Å². The van der Waals surface area contributed by atoms with Gasteiger partial charge >= 0.3 is 12.1 Å². The topological polar surface area (TPSA) is 170 Å². The van der Waals surface area contributed by atoms with Crippen molar-refractivity contribution in [2.24, 2.45) is 17.8 Å². The van der Waals surface area contributed by atoms with E-state index in [0.717, 1.165) is 49.7 Å². The number of piperazine rings is 1. The van der Waals surface area contributed by atoms with Gasteiger partial charge in [0.05, 0.1) is 38.4 Å². The van der Waals surface area contributed by atoms with Gasteiger partial charge in [-0.1, -0.05) is 100 Å². The van der Waals surface area contributed by atoms with E-state index >= 15 is 0 Å². The summed E-state index contributed by atoms with van der Waals surface area (Å²) in [5.41, 5.74) is 0.895. The number of nitrogens with zero attached hydrogens (tertiary/aromatic N) is 2. The van der Waals surface area contributed by atoms with E-state index in [2.05, 4.69) is 10.6 Å². The van der Waals surface area contributed by atoms with Gasteiger partial charge in [-0.2, -0.15) is 0 Å². The number of unbranched alkanes of at least 4 members (excludes halogenated alkanes) is 4. The molecule has 0 aromatic heterocycles. The van der Waals surface area contributed by atoms with E-state index in [1.807, 2.05) is 84.3 Å². The number of hydrogen-bond donors (Lipinski definition) is 2. The molecule has 3 aliphatic heterocycles. The first kappa shape index (κ1) is 54.0. The highest BCUT2D eigenvalue weighted by Crippen LogP contribution is 2.35. The van der Waals surface area contributed by atoms with Gasteiger partial charge in [-0.3, -0.25) is 28.9 Å². The Bertz CT molecular complexity index is 1810. The molecule has 2 N–H and O–H groups in total. The Balaban J connectivity index is 1.51. The number of piperidine rings is 1. The molecule has 2 aromatic rings. The third-order valence-corrected chi connectivity index (χ3v) is 12.2. The molecule has 3 fully saturated rings. The largest absolute Gasteiger partial charge is 0.465 e. The summed E-state index contributed by atoms with van der Waals surface area (Å²) in [5.74, 6) is -2.70. The molecule has 3 heterocycles. The summed E-state index contributed by atoms with van der Waals surface area (Å²) in [7, 11) is 1.65. The summed E-state index contributed by atoms with van der Waals surface area (Å²) in [6.45, 7) is 14.5. The van der Waals surface area contributed by atoms with Crippen LogP contribution in [0.15, 0.2) is 60.7 Å². The molecule has 0 spiro atoms. The van der Waals surface area contributed by atoms with E-state index in [9.17, 15) is 28.8 Å². The van der Waals surface area contributed by atoms with Crippen molar-refractivity contribution in [3.05, 3.63) is 71.8 Å². The van der Waals surface area contributed by atoms with Gasteiger partial charge in [0.1, 0.15) is 5.60 Å². The number of rotatable bonds is 30. The SMILES string of the molecule is CCOC(=O)CN1CC2CC(C1)N2C(=O)[C@@H](CCCCCCCOCCOC)CC(=O)[C@@H](CC(C)C)NC(=O)[C@H](CC(=O)[C@@H](Cc1ccccc1)NC(=O)OC(C)(C)C)Cc1ccccc1. The van der Waals surface area contributed by atoms with Crippen LogP contribution in [0.3, 0.4) is 0 Å². The average Bonchev–Trinajstić information content (AvgIpc) is 3.25. The van der Waals surface area contributed by atoms with Gasteiger partial charge in [-0.05, 0) is 83.3 Å². The van der Waals surface area contributed by atoms with Gasteiger partial charge in [0.15, 0.2) is 11.6 Å². The van der Waals surface area contributed by atoms with Crippen LogP contribution in [-0.2, 0) is 55.8 Å². The van der Waals surface area contributed by atoms with E-state index in [-0.39, 0.29) is 73.7 Å². The molecule has 0 aliphatic carbocycles. The molecular weight excluding hydrogens is 841 g/mol. The molecule has 3 saturated heterocycles. The first-order valence-corrected chi connectivity index (χ1v) is 24.3. The summed E-state index contributed by atoms with van der Waals surface area (Å²) in [4.78, 5) is 87.2. The zero-order valence-electron chi connectivity index (χ0n) is 40.7. The predicted octanol–water partition coefficient (Wildman–Crippen LogP) is 6.90. The van der Waals surface area contributed by atoms with Crippen LogP contribution in [-0.4, -0.2) is 128 Å². The molecule has 3 amide bonds. The summed E-state index contributed by atoms with van der Waals surface area (Å²) in [5, 5.41) is 5.84. The van der Waals surface area contributed by atoms with Crippen LogP contribution >= 0.6 is 0 Å². The Hall–Kier alpha value is -4.66. The Kier molecular flexibility index (Phi) is 22.8. The Morgan fingerprint density at radius 2 is 1.32 bits per heavy atom. The molecular formula is C52H78N4O10. The fourth-order valence-corrected chi connectivity index (χ4v) is 8.97. The normalized spacial score (nSPS) is 17.8. The molecule has 2 aromatic carbocycles. The van der Waals surface area contributed by atoms with Crippen LogP contribution in [0, 0.1) is 17.8 Å². The lowest BCUT2D eigenvalue weighted by Gasteiger charge is -2.57. The number of benzene rings is 2. The van der Waals surface area contributed by atoms with Crippen LogP contribution in [0.2, 0.25) is 0 Å². The van der Waals surface area contributed by atoms with Crippen LogP contribution < -0.4 is 10.6 Å². The van der Waals surface area contributed by atoms with Crippen molar-refractivity contribution in [2.45, 2.75) is 148 Å². The number of fused-ring (bicyclic) bond motifs is 2. The number of alkyl carbamates (subject to hydrolysis) is 1. The number of esters is 1. The van der Waals surface area contributed by atoms with Crippen LogP contribution in [0.1, 0.15) is 117 Å². The third-order valence-electron chi connectivity index (χ3n) is 12.2. The maximum Gasteiger partial charge on any atom is 0.408 e. The lowest BCUT2D eigenvalue weighted by atomic mass is 9.83. The highest BCUT2D eigenvalue weighted by Gasteiger charge is 2.49. The highest BCUT2D eigenvalue weighted by atomic mass is 16.6. The molecule has 5 rings (SSSR count). The number of hydrogen-bond acceptors (Lipinski definition) is 11. The maximum atomic E-state index is 14.6. The first-order valence-electron chi connectivity index (χ1n) is 24.3. The molecule has 6 atom stereocenters. The zero-order chi connectivity index (χ0) is 48.1. The molecule has 3 aliphatic rings. The van der Waals surface area contributed by atoms with Crippen molar-refractivity contribution in [2.75, 3.05) is 53.2 Å². The van der Waals surface area contributed by atoms with Gasteiger partial charge in [0.25, 0.3) is 0 Å². The van der Waals surface area contributed by atoms with Crippen molar-refractivity contribution in [1.82, 2.24) is 20.4 Å². The smallest absolute Gasteiger partial charge is 0.408 e. The van der Waals surface area contributed by atoms with E-state index in [0.29, 0.717) is 52.4 Å². The molecule has 2 bridgehead atoms. The molecule has 366 valence electrons. The maximum absolute atomic E-state index is 14.6. The third kappa shape index (κ3) is 18.9. The second kappa shape index (κ2) is 27.9. The second-order valence-corrected chi connectivity index (χ2v) is 19.5. The number of amides is 3. The monoisotopic (exact) mass is 919 g/mol. The van der Waals surface area contributed by atoms with Gasteiger partial charge in [0, 0.05) is 63.6 Å². The molecule has 2 unspecified atom stereocenters. The van der Waals surface area contributed by atoms with Gasteiger partial charge in [0.2, 0.25) is 11.8 Å². The van der Waals surface area contributed by atoms with Crippen molar-refractivity contribution in [1.29, 1.82) is 0 Å². The second-order valence-electron chi connectivity index (χ2n) is 19.5. The molecule has 14 heteroatoms. The molecule has 66 heavy (non-hydrogen) atoms. The van der Waals surface area contributed by atoms with Crippen molar-refractivity contribution < 1.29 is 47.7 Å². The van der Waals surface area contributed by atoms with Crippen LogP contribution in [0.4, 0.5) is 4.79 Å². The summed E-state index contributed by atoms with van der Waals surface area (Å²) < 4.78 is 21.4. The highest BCUT2D eigenvalue weighted by molar-refractivity contribution is 5.95. The summed E-state index contributed by atoms with van der Waals surface area (Å²) in [6, 6.07) is 16.8. The van der Waals surface area contributed by atoms with Crippen molar-refractivity contribution in [3.8, 4) is 0 Å². The van der Waals surface area contributed by atoms with E-state index < -0.39 is 41.5 Å². The number of carbonyl (C=O) groups excluding carboxylic acids is 6. The van der Waals surface area contributed by atoms with Gasteiger partial charge < -0.3 is 34.5 Å². The number of ketones is 2. The standard InChI is InChI=1S/C52H78N4O10/c1-8-65-48(59)36-55-34-42-33-43(35-55)56(42)50(61)40(24-18-10-9-11-19-25-64-27-26-63-7)31-46(57)44(28-37(2)3)53-49(60)41(29-38-20-14-12-15-21-38)32-47(58)45(30-39-22-16-13-17-23-39)54-51(62)66-52(4,5)6/h12-17,20-23,37,40-45H,8-11,18-19,24-36H2,1-7H3,(H,53,60)(H,54,62)/t40-,41-,42?,43?,44+,45+/m0/s1. The van der Waals surface area contributed by atoms with Crippen molar-refractivity contribution in [3.63, 3.8) is 0 Å². The quantitative estimate of drug-likeness (QED) is 0.0618. The fraction of sp³-hybridized carbons (Fsp3) is 0.654. The Morgan fingerprint density at radius 1 is 0.727 bits per heavy atom. The van der Waals surface area contributed by atoms with Crippen molar-refractivity contribution >= 4 is 35.4 Å². The minimum atomic E-state index is -0.972. The first-order chi connectivity index (χ1) is 31.6. The summed E-state index contributed by atoms with van der Waals surface area (Å²) in [6.07, 6.45) is 5.84. The Morgan fingerprint density at radius 3 is 1.92 bits per heavy atom.